The highest BCUT2D eigenvalue weighted by atomic mass is 127. The van der Waals surface area contributed by atoms with Crippen molar-refractivity contribution in [2.24, 2.45) is 4.99 Å². The van der Waals surface area contributed by atoms with Gasteiger partial charge in [-0.3, -0.25) is 0 Å². The smallest absolute Gasteiger partial charge is 0.205 e. The molecule has 1 aromatic heterocycles. The number of anilines is 1. The van der Waals surface area contributed by atoms with Crippen LogP contribution >= 0.6 is 35.5 Å². The van der Waals surface area contributed by atoms with Gasteiger partial charge in [0.2, 0.25) is 5.13 Å². The normalized spacial score (nSPS) is 14.9. The van der Waals surface area contributed by atoms with Crippen LogP contribution in [0.4, 0.5) is 5.13 Å². The number of aliphatic imine (C=N–C) groups is 1. The van der Waals surface area contributed by atoms with Crippen LogP contribution in [0.25, 0.3) is 0 Å². The van der Waals surface area contributed by atoms with Crippen molar-refractivity contribution in [1.82, 2.24) is 19.6 Å². The lowest BCUT2D eigenvalue weighted by molar-refractivity contribution is 0.372. The molecule has 0 unspecified atom stereocenters. The molecular weight excluding hydrogens is 471 g/mol. The predicted molar refractivity (Wildman–Crippen MR) is 124 cm³/mol. The summed E-state index contributed by atoms with van der Waals surface area (Å²) in [6, 6.07) is 8.55. The van der Waals surface area contributed by atoms with Gasteiger partial charge in [0.1, 0.15) is 5.82 Å². The minimum atomic E-state index is 0. The molecule has 0 spiro atoms. The van der Waals surface area contributed by atoms with Gasteiger partial charge in [-0.1, -0.05) is 36.8 Å². The lowest BCUT2D eigenvalue weighted by Gasteiger charge is -2.36. The van der Waals surface area contributed by atoms with E-state index in [1.807, 2.05) is 0 Å². The molecule has 1 fully saturated rings. The van der Waals surface area contributed by atoms with Crippen LogP contribution in [-0.4, -0.2) is 52.9 Å². The molecular formula is C19H29IN6S. The number of piperazine rings is 1. The molecule has 0 aliphatic carbocycles. The van der Waals surface area contributed by atoms with Crippen molar-refractivity contribution in [2.75, 3.05) is 37.6 Å². The number of nitrogens with zero attached hydrogens (tertiary/aromatic N) is 5. The summed E-state index contributed by atoms with van der Waals surface area (Å²) >= 11 is 1.51. The zero-order valence-corrected chi connectivity index (χ0v) is 19.5. The zero-order valence-electron chi connectivity index (χ0n) is 16.3. The van der Waals surface area contributed by atoms with Gasteiger partial charge >= 0.3 is 0 Å². The molecule has 2 heterocycles. The van der Waals surface area contributed by atoms with Crippen LogP contribution < -0.4 is 10.2 Å². The number of aromatic nitrogens is 2. The lowest BCUT2D eigenvalue weighted by Crippen LogP contribution is -2.52. The number of guanidine groups is 1. The monoisotopic (exact) mass is 500 g/mol. The van der Waals surface area contributed by atoms with E-state index in [2.05, 4.69) is 69.5 Å². The first-order chi connectivity index (χ1) is 12.7. The van der Waals surface area contributed by atoms with Crippen molar-refractivity contribution in [2.45, 2.75) is 33.7 Å². The minimum Gasteiger partial charge on any atom is -0.357 e. The second-order valence-corrected chi connectivity index (χ2v) is 7.21. The van der Waals surface area contributed by atoms with Gasteiger partial charge in [0.25, 0.3) is 0 Å². The Kier molecular flexibility index (Phi) is 8.75. The number of nitrogens with one attached hydrogen (secondary N) is 1. The van der Waals surface area contributed by atoms with Crippen LogP contribution in [0.3, 0.4) is 0 Å². The maximum absolute atomic E-state index is 4.85. The maximum atomic E-state index is 4.85. The predicted octanol–water partition coefficient (Wildman–Crippen LogP) is 3.31. The molecule has 0 bridgehead atoms. The van der Waals surface area contributed by atoms with Gasteiger partial charge in [-0.25, -0.2) is 9.98 Å². The van der Waals surface area contributed by atoms with E-state index in [-0.39, 0.29) is 24.0 Å². The Balaban J connectivity index is 0.00000261. The lowest BCUT2D eigenvalue weighted by atomic mass is 10.1. The van der Waals surface area contributed by atoms with E-state index >= 15 is 0 Å². The molecule has 1 saturated heterocycles. The molecule has 0 amide bonds. The summed E-state index contributed by atoms with van der Waals surface area (Å²) in [5.41, 5.74) is 2.53. The van der Waals surface area contributed by atoms with E-state index in [1.165, 1.54) is 22.7 Å². The van der Waals surface area contributed by atoms with E-state index in [0.717, 1.165) is 56.1 Å². The average Bonchev–Trinajstić information content (AvgIpc) is 3.15. The van der Waals surface area contributed by atoms with Crippen LogP contribution in [0.15, 0.2) is 29.3 Å². The average molecular weight is 500 g/mol. The van der Waals surface area contributed by atoms with Crippen LogP contribution in [0, 0.1) is 6.92 Å². The fourth-order valence-corrected chi connectivity index (χ4v) is 3.83. The van der Waals surface area contributed by atoms with Crippen molar-refractivity contribution in [1.29, 1.82) is 0 Å². The first-order valence-corrected chi connectivity index (χ1v) is 10.1. The van der Waals surface area contributed by atoms with Crippen molar-refractivity contribution in [3.05, 3.63) is 41.2 Å². The summed E-state index contributed by atoms with van der Waals surface area (Å²) in [6.07, 6.45) is 0.895. The summed E-state index contributed by atoms with van der Waals surface area (Å²) in [6.45, 7) is 11.7. The molecule has 1 N–H and O–H groups in total. The third-order valence-corrected chi connectivity index (χ3v) is 5.27. The second-order valence-electron chi connectivity index (χ2n) is 6.48. The van der Waals surface area contributed by atoms with Gasteiger partial charge in [0.05, 0.1) is 6.54 Å². The van der Waals surface area contributed by atoms with Gasteiger partial charge < -0.3 is 15.1 Å². The largest absolute Gasteiger partial charge is 0.357 e. The fraction of sp³-hybridized carbons (Fsp3) is 0.526. The third kappa shape index (κ3) is 6.03. The first kappa shape index (κ1) is 21.9. The summed E-state index contributed by atoms with van der Waals surface area (Å²) in [5, 5.41) is 4.48. The highest BCUT2D eigenvalue weighted by Crippen LogP contribution is 2.19. The molecule has 2 aromatic rings. The fourth-order valence-electron chi connectivity index (χ4n) is 3.03. The van der Waals surface area contributed by atoms with Crippen molar-refractivity contribution >= 4 is 46.6 Å². The third-order valence-electron chi connectivity index (χ3n) is 4.45. The Bertz CT molecular complexity index is 739. The molecule has 27 heavy (non-hydrogen) atoms. The van der Waals surface area contributed by atoms with Gasteiger partial charge in [-0.2, -0.15) is 4.37 Å². The highest BCUT2D eigenvalue weighted by molar-refractivity contribution is 14.0. The molecule has 148 valence electrons. The molecule has 0 atom stereocenters. The van der Waals surface area contributed by atoms with E-state index in [9.17, 15) is 0 Å². The molecule has 6 nitrogen and oxygen atoms in total. The Morgan fingerprint density at radius 1 is 1.22 bits per heavy atom. The van der Waals surface area contributed by atoms with Gasteiger partial charge in [0.15, 0.2) is 5.96 Å². The standard InChI is InChI=1S/C19H28N6S.HI/c1-4-17-22-19(26-23-17)25-11-9-24(10-12-25)18(20-5-2)21-14-16-8-6-7-15(3)13-16;/h6-8,13H,4-5,9-12,14H2,1-3H3,(H,20,21);1H. The SMILES string of the molecule is CCNC(=NCc1cccc(C)c1)N1CCN(c2nc(CC)ns2)CC1.I. The minimum absolute atomic E-state index is 0. The quantitative estimate of drug-likeness (QED) is 0.388. The van der Waals surface area contributed by atoms with E-state index in [1.54, 1.807) is 0 Å². The Morgan fingerprint density at radius 2 is 2.00 bits per heavy atom. The van der Waals surface area contributed by atoms with Gasteiger partial charge in [0, 0.05) is 50.7 Å². The molecule has 1 aliphatic rings. The van der Waals surface area contributed by atoms with E-state index in [4.69, 9.17) is 4.99 Å². The number of aryl methyl sites for hydroxylation is 2. The van der Waals surface area contributed by atoms with Crippen molar-refractivity contribution in [3.8, 4) is 0 Å². The molecule has 3 rings (SSSR count). The number of benzene rings is 1. The van der Waals surface area contributed by atoms with Crippen molar-refractivity contribution in [3.63, 3.8) is 0 Å². The number of hydrogen-bond donors (Lipinski definition) is 1. The summed E-state index contributed by atoms with van der Waals surface area (Å²) in [4.78, 5) is 14.1. The molecule has 8 heteroatoms. The van der Waals surface area contributed by atoms with Crippen LogP contribution in [0.1, 0.15) is 30.8 Å². The molecule has 1 aromatic carbocycles. The van der Waals surface area contributed by atoms with Crippen LogP contribution in [-0.2, 0) is 13.0 Å². The number of halogens is 1. The molecule has 0 radical (unpaired) electrons. The van der Waals surface area contributed by atoms with Gasteiger partial charge in [-0.05, 0) is 19.4 Å². The van der Waals surface area contributed by atoms with Crippen molar-refractivity contribution < 1.29 is 0 Å². The highest BCUT2D eigenvalue weighted by Gasteiger charge is 2.22. The Hall–Kier alpha value is -1.42. The second kappa shape index (κ2) is 10.8. The van der Waals surface area contributed by atoms with Crippen LogP contribution in [0.5, 0.6) is 0 Å². The topological polar surface area (TPSA) is 56.7 Å². The van der Waals surface area contributed by atoms with Gasteiger partial charge in [-0.15, -0.1) is 24.0 Å². The van der Waals surface area contributed by atoms with E-state index in [0.29, 0.717) is 6.54 Å². The first-order valence-electron chi connectivity index (χ1n) is 9.36. The van der Waals surface area contributed by atoms with E-state index < -0.39 is 0 Å². The van der Waals surface area contributed by atoms with Crippen LogP contribution in [0.2, 0.25) is 0 Å². The Labute approximate surface area is 183 Å². The molecule has 1 aliphatic heterocycles. The maximum Gasteiger partial charge on any atom is 0.205 e. The summed E-state index contributed by atoms with van der Waals surface area (Å²) in [7, 11) is 0. The number of hydrogen-bond acceptors (Lipinski definition) is 5. The molecule has 0 saturated carbocycles. The Morgan fingerprint density at radius 3 is 2.63 bits per heavy atom. The zero-order chi connectivity index (χ0) is 18.4. The number of rotatable bonds is 5. The summed E-state index contributed by atoms with van der Waals surface area (Å²) in [5.74, 6) is 1.95. The summed E-state index contributed by atoms with van der Waals surface area (Å²) < 4.78 is 4.40.